The highest BCUT2D eigenvalue weighted by Crippen LogP contribution is 2.22. The molecule has 0 aromatic heterocycles. The monoisotopic (exact) mass is 237 g/mol. The molecule has 0 atom stereocenters. The van der Waals surface area contributed by atoms with Crippen LogP contribution in [0.25, 0.3) is 0 Å². The van der Waals surface area contributed by atoms with E-state index < -0.39 is 11.9 Å². The Morgan fingerprint density at radius 1 is 1.29 bits per heavy atom. The minimum atomic E-state index is -1.07. The van der Waals surface area contributed by atoms with Gasteiger partial charge in [0.1, 0.15) is 12.3 Å². The molecule has 0 spiro atoms. The first-order chi connectivity index (χ1) is 7.95. The topological polar surface area (TPSA) is 75.6 Å². The summed E-state index contributed by atoms with van der Waals surface area (Å²) in [4.78, 5) is 22.1. The van der Waals surface area contributed by atoms with E-state index in [1.165, 1.54) is 0 Å². The van der Waals surface area contributed by atoms with Gasteiger partial charge < -0.3 is 15.2 Å². The molecule has 0 aliphatic rings. The van der Waals surface area contributed by atoms with Crippen molar-refractivity contribution in [3.63, 3.8) is 0 Å². The number of carbonyl (C=O) groups is 2. The number of carboxylic acid groups (broad SMARTS) is 1. The Morgan fingerprint density at radius 2 is 1.94 bits per heavy atom. The lowest BCUT2D eigenvalue weighted by molar-refractivity contribution is -0.135. The summed E-state index contributed by atoms with van der Waals surface area (Å²) in [5.74, 6) is -0.755. The zero-order valence-electron chi connectivity index (χ0n) is 10.0. The number of carbonyl (C=O) groups excluding carboxylic acids is 1. The fraction of sp³-hybridized carbons (Fsp3) is 0.333. The molecular formula is C12H15NO4. The van der Waals surface area contributed by atoms with Crippen LogP contribution < -0.4 is 10.1 Å². The van der Waals surface area contributed by atoms with E-state index in [1.54, 1.807) is 26.2 Å². The number of amides is 1. The van der Waals surface area contributed by atoms with Crippen LogP contribution in [0.2, 0.25) is 0 Å². The summed E-state index contributed by atoms with van der Waals surface area (Å²) in [5, 5.41) is 10.8. The van der Waals surface area contributed by atoms with Crippen LogP contribution in [0.15, 0.2) is 12.1 Å². The lowest BCUT2D eigenvalue weighted by Gasteiger charge is -2.10. The number of aryl methyl sites for hydroxylation is 2. The van der Waals surface area contributed by atoms with Gasteiger partial charge in [0.25, 0.3) is 5.91 Å². The second-order valence-electron chi connectivity index (χ2n) is 3.71. The minimum Gasteiger partial charge on any atom is -0.496 e. The van der Waals surface area contributed by atoms with Crippen molar-refractivity contribution in [3.8, 4) is 5.75 Å². The molecule has 2 N–H and O–H groups in total. The predicted molar refractivity (Wildman–Crippen MR) is 62.4 cm³/mol. The van der Waals surface area contributed by atoms with Crippen LogP contribution in [0, 0.1) is 13.8 Å². The average molecular weight is 237 g/mol. The number of hydrogen-bond acceptors (Lipinski definition) is 3. The fourth-order valence-electron chi connectivity index (χ4n) is 1.51. The number of rotatable bonds is 4. The second-order valence-corrected chi connectivity index (χ2v) is 3.71. The maximum absolute atomic E-state index is 11.7. The van der Waals surface area contributed by atoms with Crippen molar-refractivity contribution in [1.29, 1.82) is 0 Å². The van der Waals surface area contributed by atoms with Gasteiger partial charge in [0, 0.05) is 5.56 Å². The summed E-state index contributed by atoms with van der Waals surface area (Å²) in [6.07, 6.45) is 0. The minimum absolute atomic E-state index is 0.386. The SMILES string of the molecule is COc1cc(C)c(C(=O)NCC(=O)O)cc1C. The van der Waals surface area contributed by atoms with Crippen LogP contribution in [0.4, 0.5) is 0 Å². The highest BCUT2D eigenvalue weighted by molar-refractivity contribution is 5.97. The largest absolute Gasteiger partial charge is 0.496 e. The van der Waals surface area contributed by atoms with Crippen molar-refractivity contribution in [2.45, 2.75) is 13.8 Å². The quantitative estimate of drug-likeness (QED) is 0.823. The molecular weight excluding hydrogens is 222 g/mol. The molecule has 5 nitrogen and oxygen atoms in total. The van der Waals surface area contributed by atoms with Crippen LogP contribution in [-0.2, 0) is 4.79 Å². The summed E-state index contributed by atoms with van der Waals surface area (Å²) < 4.78 is 5.13. The number of hydrogen-bond donors (Lipinski definition) is 2. The van der Waals surface area contributed by atoms with Gasteiger partial charge in [0.05, 0.1) is 7.11 Å². The molecule has 1 aromatic carbocycles. The Kier molecular flexibility index (Phi) is 4.09. The first-order valence-corrected chi connectivity index (χ1v) is 5.11. The summed E-state index contributed by atoms with van der Waals surface area (Å²) >= 11 is 0. The van der Waals surface area contributed by atoms with E-state index in [0.717, 1.165) is 11.1 Å². The second kappa shape index (κ2) is 5.34. The highest BCUT2D eigenvalue weighted by atomic mass is 16.5. The molecule has 0 bridgehead atoms. The normalized spacial score (nSPS) is 9.82. The molecule has 17 heavy (non-hydrogen) atoms. The van der Waals surface area contributed by atoms with Gasteiger partial charge in [-0.25, -0.2) is 0 Å². The zero-order valence-corrected chi connectivity index (χ0v) is 10.0. The van der Waals surface area contributed by atoms with E-state index in [2.05, 4.69) is 5.32 Å². The van der Waals surface area contributed by atoms with Gasteiger partial charge >= 0.3 is 5.97 Å². The van der Waals surface area contributed by atoms with E-state index in [0.29, 0.717) is 11.3 Å². The molecule has 5 heteroatoms. The number of benzene rings is 1. The van der Waals surface area contributed by atoms with Crippen LogP contribution in [-0.4, -0.2) is 30.6 Å². The third kappa shape index (κ3) is 3.21. The van der Waals surface area contributed by atoms with E-state index in [-0.39, 0.29) is 6.54 Å². The molecule has 0 saturated carbocycles. The van der Waals surface area contributed by atoms with Crippen LogP contribution >= 0.6 is 0 Å². The summed E-state index contributed by atoms with van der Waals surface area (Å²) in [7, 11) is 1.56. The lowest BCUT2D eigenvalue weighted by Crippen LogP contribution is -2.29. The van der Waals surface area contributed by atoms with Crippen molar-refractivity contribution in [2.75, 3.05) is 13.7 Å². The van der Waals surface area contributed by atoms with Crippen molar-refractivity contribution in [1.82, 2.24) is 5.32 Å². The summed E-state index contributed by atoms with van der Waals surface area (Å²) in [6, 6.07) is 3.44. The average Bonchev–Trinajstić information content (AvgIpc) is 2.28. The van der Waals surface area contributed by atoms with E-state index in [1.807, 2.05) is 6.92 Å². The smallest absolute Gasteiger partial charge is 0.322 e. The standard InChI is InChI=1S/C12H15NO4/c1-7-5-10(17-3)8(2)4-9(7)12(16)13-6-11(14)15/h4-5H,6H2,1-3H3,(H,13,16)(H,14,15). The Hall–Kier alpha value is -2.04. The third-order valence-corrected chi connectivity index (χ3v) is 2.39. The molecule has 0 fully saturated rings. The van der Waals surface area contributed by atoms with Gasteiger partial charge in [-0.05, 0) is 37.1 Å². The van der Waals surface area contributed by atoms with Gasteiger partial charge in [-0.1, -0.05) is 0 Å². The lowest BCUT2D eigenvalue weighted by atomic mass is 10.0. The molecule has 0 radical (unpaired) electrons. The van der Waals surface area contributed by atoms with E-state index in [4.69, 9.17) is 9.84 Å². The first-order valence-electron chi connectivity index (χ1n) is 5.11. The molecule has 0 aliphatic carbocycles. The fourth-order valence-corrected chi connectivity index (χ4v) is 1.51. The maximum Gasteiger partial charge on any atom is 0.322 e. The van der Waals surface area contributed by atoms with Crippen LogP contribution in [0.5, 0.6) is 5.75 Å². The number of methoxy groups -OCH3 is 1. The Balaban J connectivity index is 2.94. The van der Waals surface area contributed by atoms with Gasteiger partial charge in [-0.15, -0.1) is 0 Å². The molecule has 0 unspecified atom stereocenters. The van der Waals surface area contributed by atoms with Gasteiger partial charge in [-0.3, -0.25) is 9.59 Å². The third-order valence-electron chi connectivity index (χ3n) is 2.39. The number of aliphatic carboxylic acids is 1. The Labute approximate surface area is 99.4 Å². The van der Waals surface area contributed by atoms with Gasteiger partial charge in [0.2, 0.25) is 0 Å². The molecule has 1 rings (SSSR count). The summed E-state index contributed by atoms with van der Waals surface area (Å²) in [6.45, 7) is 3.22. The van der Waals surface area contributed by atoms with Crippen molar-refractivity contribution in [3.05, 3.63) is 28.8 Å². The van der Waals surface area contributed by atoms with Crippen molar-refractivity contribution < 1.29 is 19.4 Å². The Bertz CT molecular complexity index is 454. The predicted octanol–water partition coefficient (Wildman–Crippen LogP) is 1.13. The van der Waals surface area contributed by atoms with Crippen LogP contribution in [0.3, 0.4) is 0 Å². The zero-order chi connectivity index (χ0) is 13.0. The molecule has 1 amide bonds. The number of carboxylic acids is 1. The molecule has 0 aliphatic heterocycles. The van der Waals surface area contributed by atoms with Crippen molar-refractivity contribution >= 4 is 11.9 Å². The van der Waals surface area contributed by atoms with E-state index in [9.17, 15) is 9.59 Å². The Morgan fingerprint density at radius 3 is 2.47 bits per heavy atom. The first kappa shape index (κ1) is 13.0. The van der Waals surface area contributed by atoms with Crippen molar-refractivity contribution in [2.24, 2.45) is 0 Å². The van der Waals surface area contributed by atoms with Gasteiger partial charge in [0.15, 0.2) is 0 Å². The summed E-state index contributed by atoms with van der Waals surface area (Å²) in [5.41, 5.74) is 2.04. The highest BCUT2D eigenvalue weighted by Gasteiger charge is 2.12. The molecule has 0 heterocycles. The molecule has 0 saturated heterocycles. The number of ether oxygens (including phenoxy) is 1. The maximum atomic E-state index is 11.7. The molecule has 1 aromatic rings. The molecule has 92 valence electrons. The van der Waals surface area contributed by atoms with E-state index >= 15 is 0 Å². The van der Waals surface area contributed by atoms with Gasteiger partial charge in [-0.2, -0.15) is 0 Å². The van der Waals surface area contributed by atoms with Crippen LogP contribution in [0.1, 0.15) is 21.5 Å². The number of nitrogens with one attached hydrogen (secondary N) is 1.